The number of nitrogens with zero attached hydrogens (tertiary/aromatic N) is 1. The highest BCUT2D eigenvalue weighted by Crippen LogP contribution is 2.15. The molecule has 1 heterocycles. The van der Waals surface area contributed by atoms with Crippen molar-refractivity contribution in [3.8, 4) is 0 Å². The molecule has 1 aliphatic rings. The van der Waals surface area contributed by atoms with Gasteiger partial charge in [-0.05, 0) is 17.7 Å². The number of carbonyl (C=O) groups is 2. The molecule has 0 aromatic heterocycles. The molecule has 0 radical (unpaired) electrons. The molecule has 0 atom stereocenters. The van der Waals surface area contributed by atoms with Crippen LogP contribution in [-0.4, -0.2) is 43.3 Å². The summed E-state index contributed by atoms with van der Waals surface area (Å²) in [4.78, 5) is 28.3. The zero-order valence-corrected chi connectivity index (χ0v) is 14.8. The number of aliphatic hydroxyl groups excluding tert-OH is 1. The summed E-state index contributed by atoms with van der Waals surface area (Å²) in [5, 5.41) is 14.9. The van der Waals surface area contributed by atoms with Crippen molar-refractivity contribution in [1.82, 2.24) is 10.6 Å². The largest absolute Gasteiger partial charge is 0.509 e. The van der Waals surface area contributed by atoms with Gasteiger partial charge in [0.05, 0.1) is 19.4 Å². The Labute approximate surface area is 155 Å². The minimum Gasteiger partial charge on any atom is -0.509 e. The van der Waals surface area contributed by atoms with Crippen molar-refractivity contribution >= 4 is 18.0 Å². The van der Waals surface area contributed by atoms with E-state index in [0.29, 0.717) is 17.8 Å². The summed E-state index contributed by atoms with van der Waals surface area (Å²) in [6.07, 6.45) is 3.05. The number of hydrogen-bond donors (Lipinski definition) is 3. The summed E-state index contributed by atoms with van der Waals surface area (Å²) >= 11 is 0. The van der Waals surface area contributed by atoms with Crippen molar-refractivity contribution in [2.75, 3.05) is 20.1 Å². The van der Waals surface area contributed by atoms with E-state index in [4.69, 9.17) is 4.74 Å². The minimum absolute atomic E-state index is 0.0544. The summed E-state index contributed by atoms with van der Waals surface area (Å²) < 4.78 is 18.5. The molecular formula is C19H20FN3O4. The Kier molecular flexibility index (Phi) is 6.87. The zero-order chi connectivity index (χ0) is 19.8. The van der Waals surface area contributed by atoms with Crippen molar-refractivity contribution in [2.24, 2.45) is 4.99 Å². The molecule has 0 spiro atoms. The number of aliphatic hydroxyl groups is 1. The molecule has 0 fully saturated rings. The van der Waals surface area contributed by atoms with Gasteiger partial charge in [0.1, 0.15) is 22.9 Å². The summed E-state index contributed by atoms with van der Waals surface area (Å²) in [5.41, 5.74) is 1.00. The third kappa shape index (κ3) is 5.27. The van der Waals surface area contributed by atoms with Gasteiger partial charge in [-0.15, -0.1) is 0 Å². The van der Waals surface area contributed by atoms with Crippen LogP contribution in [0.1, 0.15) is 5.56 Å². The highest BCUT2D eigenvalue weighted by Gasteiger charge is 2.23. The number of rotatable bonds is 5. The molecule has 0 saturated heterocycles. The lowest BCUT2D eigenvalue weighted by Gasteiger charge is -2.16. The number of nitrogens with one attached hydrogen (secondary N) is 2. The van der Waals surface area contributed by atoms with E-state index in [0.717, 1.165) is 5.56 Å². The maximum atomic E-state index is 13.1. The van der Waals surface area contributed by atoms with E-state index in [1.165, 1.54) is 31.7 Å². The Morgan fingerprint density at radius 1 is 1.44 bits per heavy atom. The van der Waals surface area contributed by atoms with Crippen LogP contribution >= 0.6 is 0 Å². The molecule has 1 aliphatic heterocycles. The number of carbonyl (C=O) groups excluding carboxylic acids is 2. The summed E-state index contributed by atoms with van der Waals surface area (Å²) in [5.74, 6) is -1.90. The van der Waals surface area contributed by atoms with Crippen LogP contribution in [0.15, 0.2) is 64.8 Å². The standard InChI is InChI=1S/C19H20FN3O4/c1-3-27-16-11-23-19(26)17(18(25)21-2)15(24)10-22-9-13(16)8-12-4-6-14(20)7-5-12/h3-7,9,24H,1,8,10-11H2,2H3,(H,21,25)(H,23,26)/b16-13+,17-15+,22-9?. The van der Waals surface area contributed by atoms with Gasteiger partial charge in [0, 0.05) is 25.3 Å². The van der Waals surface area contributed by atoms with Crippen LogP contribution < -0.4 is 10.6 Å². The number of likely N-dealkylation sites (N-methyl/N-ethyl adjacent to an activating group) is 1. The molecule has 27 heavy (non-hydrogen) atoms. The van der Waals surface area contributed by atoms with Gasteiger partial charge in [-0.3, -0.25) is 14.6 Å². The molecule has 0 unspecified atom stereocenters. The molecule has 2 amide bonds. The van der Waals surface area contributed by atoms with E-state index in [1.807, 2.05) is 0 Å². The molecule has 7 nitrogen and oxygen atoms in total. The van der Waals surface area contributed by atoms with Gasteiger partial charge in [-0.2, -0.15) is 0 Å². The van der Waals surface area contributed by atoms with E-state index < -0.39 is 23.1 Å². The smallest absolute Gasteiger partial charge is 0.260 e. The van der Waals surface area contributed by atoms with Gasteiger partial charge in [-0.1, -0.05) is 18.7 Å². The Morgan fingerprint density at radius 3 is 2.78 bits per heavy atom. The first kappa shape index (κ1) is 19.9. The maximum absolute atomic E-state index is 13.1. The molecule has 0 bridgehead atoms. The number of allylic oxidation sites excluding steroid dienone is 1. The third-order valence-corrected chi connectivity index (χ3v) is 3.76. The van der Waals surface area contributed by atoms with Gasteiger partial charge >= 0.3 is 0 Å². The lowest BCUT2D eigenvalue weighted by molar-refractivity contribution is -0.123. The zero-order valence-electron chi connectivity index (χ0n) is 14.8. The number of aliphatic imine (C=N–C) groups is 1. The van der Waals surface area contributed by atoms with Gasteiger partial charge < -0.3 is 20.5 Å². The first-order chi connectivity index (χ1) is 13.0. The van der Waals surface area contributed by atoms with Gasteiger partial charge in [0.2, 0.25) is 0 Å². The third-order valence-electron chi connectivity index (χ3n) is 3.76. The van der Waals surface area contributed by atoms with Crippen molar-refractivity contribution in [3.05, 3.63) is 71.2 Å². The Bertz CT molecular complexity index is 826. The number of halogens is 1. The van der Waals surface area contributed by atoms with E-state index in [9.17, 15) is 19.1 Å². The molecule has 8 heteroatoms. The average molecular weight is 373 g/mol. The first-order valence-electron chi connectivity index (χ1n) is 8.12. The fourth-order valence-electron chi connectivity index (χ4n) is 2.43. The lowest BCUT2D eigenvalue weighted by Crippen LogP contribution is -2.36. The average Bonchev–Trinajstić information content (AvgIpc) is 2.65. The van der Waals surface area contributed by atoms with E-state index in [1.54, 1.807) is 12.1 Å². The second kappa shape index (κ2) is 9.33. The molecule has 0 saturated carbocycles. The second-order valence-corrected chi connectivity index (χ2v) is 5.59. The fraction of sp³-hybridized carbons (Fsp3) is 0.211. The number of ether oxygens (including phenoxy) is 1. The molecule has 3 N–H and O–H groups in total. The SMILES string of the molecule is C=CO/C1=C(\Cc2ccc(F)cc2)C=NC/C(O)=C(/C(=O)NC)C(=O)NC1. The predicted octanol–water partition coefficient (Wildman–Crippen LogP) is 1.54. The van der Waals surface area contributed by atoms with Crippen LogP contribution in [0.3, 0.4) is 0 Å². The van der Waals surface area contributed by atoms with Crippen LogP contribution in [-0.2, 0) is 20.7 Å². The Morgan fingerprint density at radius 2 is 2.15 bits per heavy atom. The second-order valence-electron chi connectivity index (χ2n) is 5.59. The molecular weight excluding hydrogens is 353 g/mol. The normalized spacial score (nSPS) is 20.6. The molecule has 2 rings (SSSR count). The lowest BCUT2D eigenvalue weighted by atomic mass is 10.0. The first-order valence-corrected chi connectivity index (χ1v) is 8.12. The predicted molar refractivity (Wildman–Crippen MR) is 98.5 cm³/mol. The van der Waals surface area contributed by atoms with Gasteiger partial charge in [-0.25, -0.2) is 4.39 Å². The van der Waals surface area contributed by atoms with Crippen LogP contribution in [0, 0.1) is 5.82 Å². The van der Waals surface area contributed by atoms with Crippen LogP contribution in [0.2, 0.25) is 0 Å². The Hall–Kier alpha value is -3.42. The van der Waals surface area contributed by atoms with Crippen LogP contribution in [0.4, 0.5) is 4.39 Å². The summed E-state index contributed by atoms with van der Waals surface area (Å²) in [6, 6.07) is 5.93. The van der Waals surface area contributed by atoms with Crippen molar-refractivity contribution in [3.63, 3.8) is 0 Å². The summed E-state index contributed by atoms with van der Waals surface area (Å²) in [7, 11) is 1.35. The monoisotopic (exact) mass is 373 g/mol. The van der Waals surface area contributed by atoms with E-state index in [2.05, 4.69) is 22.2 Å². The highest BCUT2D eigenvalue weighted by atomic mass is 19.1. The van der Waals surface area contributed by atoms with Gasteiger partial charge in [0.25, 0.3) is 11.8 Å². The van der Waals surface area contributed by atoms with E-state index in [-0.39, 0.29) is 18.9 Å². The summed E-state index contributed by atoms with van der Waals surface area (Å²) in [6.45, 7) is 3.20. The minimum atomic E-state index is -0.754. The number of benzene rings is 1. The number of amides is 2. The quantitative estimate of drug-likeness (QED) is 0.538. The Balaban J connectivity index is 2.38. The number of hydrogen-bond acceptors (Lipinski definition) is 5. The van der Waals surface area contributed by atoms with Crippen molar-refractivity contribution in [2.45, 2.75) is 6.42 Å². The topological polar surface area (TPSA) is 100 Å². The molecule has 1 aromatic rings. The highest BCUT2D eigenvalue weighted by molar-refractivity contribution is 6.18. The molecule has 1 aromatic carbocycles. The maximum Gasteiger partial charge on any atom is 0.260 e. The van der Waals surface area contributed by atoms with Crippen molar-refractivity contribution < 1.29 is 23.8 Å². The van der Waals surface area contributed by atoms with Gasteiger partial charge in [0.15, 0.2) is 0 Å². The van der Waals surface area contributed by atoms with Crippen LogP contribution in [0.25, 0.3) is 0 Å². The molecule has 142 valence electrons. The van der Waals surface area contributed by atoms with Crippen LogP contribution in [0.5, 0.6) is 0 Å². The molecule has 0 aliphatic carbocycles. The van der Waals surface area contributed by atoms with E-state index >= 15 is 0 Å². The fourth-order valence-corrected chi connectivity index (χ4v) is 2.43. The van der Waals surface area contributed by atoms with Crippen molar-refractivity contribution in [1.29, 1.82) is 0 Å².